The molecule has 6 nitrogen and oxygen atoms in total. The Morgan fingerprint density at radius 2 is 1.00 bits per heavy atom. The third kappa shape index (κ3) is 3.27. The van der Waals surface area contributed by atoms with Gasteiger partial charge in [-0.3, -0.25) is 20.2 Å². The van der Waals surface area contributed by atoms with Crippen molar-refractivity contribution in [2.24, 2.45) is 0 Å². The maximum absolute atomic E-state index is 11.9. The minimum Gasteiger partial charge on any atom is -0.264 e. The van der Waals surface area contributed by atoms with Crippen LogP contribution in [0.5, 0.6) is 0 Å². The lowest BCUT2D eigenvalue weighted by Crippen LogP contribution is -2.62. The zero-order valence-corrected chi connectivity index (χ0v) is 13.7. The minimum atomic E-state index is -1.74. The van der Waals surface area contributed by atoms with Crippen LogP contribution in [0, 0.1) is 20.2 Å². The molecule has 0 fully saturated rings. The van der Waals surface area contributed by atoms with Gasteiger partial charge in [0.2, 0.25) is 0 Å². The van der Waals surface area contributed by atoms with Gasteiger partial charge in [0, 0.05) is 23.7 Å². The van der Waals surface area contributed by atoms with E-state index in [1.165, 1.54) is 13.8 Å². The molecule has 0 heterocycles. The highest BCUT2D eigenvalue weighted by molar-refractivity contribution is 5.22. The molecule has 24 heavy (non-hydrogen) atoms. The maximum atomic E-state index is 11.9. The summed E-state index contributed by atoms with van der Waals surface area (Å²) in [6.45, 7) is 2.73. The molecule has 0 amide bonds. The van der Waals surface area contributed by atoms with Gasteiger partial charge in [-0.25, -0.2) is 0 Å². The zero-order chi connectivity index (χ0) is 17.8. The van der Waals surface area contributed by atoms with Crippen LogP contribution in [0.25, 0.3) is 0 Å². The first-order valence-corrected chi connectivity index (χ1v) is 7.66. The minimum absolute atomic E-state index is 0.00878. The van der Waals surface area contributed by atoms with Gasteiger partial charge < -0.3 is 0 Å². The zero-order valence-electron chi connectivity index (χ0n) is 13.7. The van der Waals surface area contributed by atoms with Crippen molar-refractivity contribution in [1.82, 2.24) is 0 Å². The van der Waals surface area contributed by atoms with E-state index in [2.05, 4.69) is 0 Å². The van der Waals surface area contributed by atoms with E-state index in [-0.39, 0.29) is 12.8 Å². The summed E-state index contributed by atoms with van der Waals surface area (Å²) in [5.41, 5.74) is -2.07. The molecule has 0 aliphatic heterocycles. The summed E-state index contributed by atoms with van der Waals surface area (Å²) in [5, 5.41) is 23.7. The van der Waals surface area contributed by atoms with Crippen LogP contribution in [0.1, 0.15) is 25.0 Å². The molecule has 0 spiro atoms. The van der Waals surface area contributed by atoms with E-state index in [0.717, 1.165) is 0 Å². The van der Waals surface area contributed by atoms with Crippen LogP contribution in [0.4, 0.5) is 0 Å². The van der Waals surface area contributed by atoms with E-state index in [4.69, 9.17) is 0 Å². The van der Waals surface area contributed by atoms with Gasteiger partial charge in [-0.05, 0) is 11.1 Å². The van der Waals surface area contributed by atoms with Crippen LogP contribution >= 0.6 is 0 Å². The van der Waals surface area contributed by atoms with Crippen LogP contribution in [0.2, 0.25) is 0 Å². The van der Waals surface area contributed by atoms with E-state index in [1.54, 1.807) is 48.5 Å². The number of hydrogen-bond acceptors (Lipinski definition) is 4. The SMILES string of the molecule is C[C@](Cc1ccccc1)([N+](=O)[O-])[C@](C)(Cc1ccccc1)[N+](=O)[O-]. The average Bonchev–Trinajstić information content (AvgIpc) is 2.56. The van der Waals surface area contributed by atoms with Gasteiger partial charge in [-0.15, -0.1) is 0 Å². The molecule has 0 aliphatic carbocycles. The summed E-state index contributed by atoms with van der Waals surface area (Å²) >= 11 is 0. The number of benzene rings is 2. The Balaban J connectivity index is 2.47. The largest absolute Gasteiger partial charge is 0.291 e. The van der Waals surface area contributed by atoms with Crippen LogP contribution < -0.4 is 0 Å². The molecular weight excluding hydrogens is 308 g/mol. The summed E-state index contributed by atoms with van der Waals surface area (Å²) in [7, 11) is 0. The monoisotopic (exact) mass is 328 g/mol. The van der Waals surface area contributed by atoms with Gasteiger partial charge in [0.15, 0.2) is 0 Å². The third-order valence-corrected chi connectivity index (χ3v) is 4.75. The summed E-state index contributed by atoms with van der Waals surface area (Å²) in [5.74, 6) is 0. The number of nitrogens with zero attached hydrogens (tertiary/aromatic N) is 2. The predicted octanol–water partition coefficient (Wildman–Crippen LogP) is 3.54. The lowest BCUT2D eigenvalue weighted by atomic mass is 9.72. The first kappa shape index (κ1) is 17.6. The first-order valence-electron chi connectivity index (χ1n) is 7.66. The molecule has 2 rings (SSSR count). The Kier molecular flexibility index (Phi) is 4.97. The second-order valence-corrected chi connectivity index (χ2v) is 6.39. The molecule has 0 radical (unpaired) electrons. The predicted molar refractivity (Wildman–Crippen MR) is 91.1 cm³/mol. The fourth-order valence-corrected chi connectivity index (χ4v) is 2.89. The standard InChI is InChI=1S/C18H20N2O4/c1-17(19(21)22,13-15-9-5-3-6-10-15)18(2,20(23)24)14-16-11-7-4-8-12-16/h3-12H,13-14H2,1-2H3/t17-,18+. The Morgan fingerprint density at radius 1 is 0.708 bits per heavy atom. The lowest BCUT2D eigenvalue weighted by Gasteiger charge is -2.32. The van der Waals surface area contributed by atoms with Crippen molar-refractivity contribution in [2.75, 3.05) is 0 Å². The fourth-order valence-electron chi connectivity index (χ4n) is 2.89. The maximum Gasteiger partial charge on any atom is 0.291 e. The molecule has 126 valence electrons. The van der Waals surface area contributed by atoms with Crippen LogP contribution in [0.15, 0.2) is 60.7 Å². The molecule has 0 unspecified atom stereocenters. The van der Waals surface area contributed by atoms with E-state index in [1.807, 2.05) is 12.1 Å². The van der Waals surface area contributed by atoms with E-state index >= 15 is 0 Å². The Bertz CT molecular complexity index is 657. The van der Waals surface area contributed by atoms with Crippen molar-refractivity contribution in [3.05, 3.63) is 92.0 Å². The highest BCUT2D eigenvalue weighted by Gasteiger charge is 2.64. The number of nitro groups is 2. The summed E-state index contributed by atoms with van der Waals surface area (Å²) in [6, 6.07) is 17.7. The quantitative estimate of drug-likeness (QED) is 0.574. The normalized spacial score (nSPS) is 15.9. The van der Waals surface area contributed by atoms with Crippen molar-refractivity contribution >= 4 is 0 Å². The highest BCUT2D eigenvalue weighted by atomic mass is 16.6. The molecule has 0 bridgehead atoms. The van der Waals surface area contributed by atoms with Gasteiger partial charge in [0.1, 0.15) is 0 Å². The van der Waals surface area contributed by atoms with Crippen LogP contribution in [-0.2, 0) is 12.8 Å². The molecule has 0 saturated carbocycles. The van der Waals surface area contributed by atoms with Gasteiger partial charge in [-0.1, -0.05) is 60.7 Å². The topological polar surface area (TPSA) is 86.3 Å². The van der Waals surface area contributed by atoms with Gasteiger partial charge in [0.05, 0.1) is 12.8 Å². The molecule has 0 N–H and O–H groups in total. The highest BCUT2D eigenvalue weighted by Crippen LogP contribution is 2.35. The second kappa shape index (κ2) is 6.78. The van der Waals surface area contributed by atoms with Crippen LogP contribution in [-0.4, -0.2) is 20.9 Å². The van der Waals surface area contributed by atoms with E-state index in [9.17, 15) is 20.2 Å². The smallest absolute Gasteiger partial charge is 0.264 e. The van der Waals surface area contributed by atoms with Gasteiger partial charge >= 0.3 is 0 Å². The molecule has 2 atom stereocenters. The van der Waals surface area contributed by atoms with Crippen molar-refractivity contribution in [2.45, 2.75) is 37.8 Å². The van der Waals surface area contributed by atoms with Crippen molar-refractivity contribution in [3.63, 3.8) is 0 Å². The number of hydrogen-bond donors (Lipinski definition) is 0. The average molecular weight is 328 g/mol. The Hall–Kier alpha value is -2.76. The Morgan fingerprint density at radius 3 is 1.25 bits per heavy atom. The van der Waals surface area contributed by atoms with Crippen molar-refractivity contribution in [3.8, 4) is 0 Å². The Labute approximate surface area is 140 Å². The fraction of sp³-hybridized carbons (Fsp3) is 0.333. The van der Waals surface area contributed by atoms with Gasteiger partial charge in [-0.2, -0.15) is 0 Å². The second-order valence-electron chi connectivity index (χ2n) is 6.39. The first-order chi connectivity index (χ1) is 11.3. The molecule has 6 heteroatoms. The molecular formula is C18H20N2O4. The lowest BCUT2D eigenvalue weighted by molar-refractivity contribution is -0.680. The molecule has 0 aromatic heterocycles. The molecule has 2 aromatic rings. The van der Waals surface area contributed by atoms with Gasteiger partial charge in [0.25, 0.3) is 11.1 Å². The third-order valence-electron chi connectivity index (χ3n) is 4.75. The number of rotatable bonds is 7. The molecule has 0 aliphatic rings. The molecule has 0 saturated heterocycles. The van der Waals surface area contributed by atoms with E-state index < -0.39 is 20.9 Å². The summed E-state index contributed by atoms with van der Waals surface area (Å²) in [6.07, 6.45) is -0.0176. The van der Waals surface area contributed by atoms with Crippen molar-refractivity contribution < 1.29 is 9.85 Å². The summed E-state index contributed by atoms with van der Waals surface area (Å²) < 4.78 is 0. The van der Waals surface area contributed by atoms with Crippen molar-refractivity contribution in [1.29, 1.82) is 0 Å². The van der Waals surface area contributed by atoms with Crippen LogP contribution in [0.3, 0.4) is 0 Å². The summed E-state index contributed by atoms with van der Waals surface area (Å²) in [4.78, 5) is 22.7. The molecule has 2 aromatic carbocycles. The van der Waals surface area contributed by atoms with E-state index in [0.29, 0.717) is 11.1 Å².